The fourth-order valence-electron chi connectivity index (χ4n) is 1.59. The molecule has 3 nitrogen and oxygen atoms in total. The van der Waals surface area contributed by atoms with E-state index in [0.29, 0.717) is 5.92 Å². The SMILES string of the molecule is COC(=O)C(CC(C)C)Nc1ccccc1Br. The first kappa shape index (κ1) is 14.0. The number of anilines is 1. The van der Waals surface area contributed by atoms with Gasteiger partial charge in [-0.2, -0.15) is 0 Å². The molecule has 0 aliphatic carbocycles. The standard InChI is InChI=1S/C13H18BrNO2/c1-9(2)8-12(13(16)17-3)15-11-7-5-4-6-10(11)14/h4-7,9,12,15H,8H2,1-3H3. The summed E-state index contributed by atoms with van der Waals surface area (Å²) >= 11 is 3.45. The molecule has 0 saturated heterocycles. The van der Waals surface area contributed by atoms with Gasteiger partial charge in [-0.25, -0.2) is 4.79 Å². The van der Waals surface area contributed by atoms with Crippen molar-refractivity contribution >= 4 is 27.6 Å². The van der Waals surface area contributed by atoms with Crippen molar-refractivity contribution in [1.29, 1.82) is 0 Å². The summed E-state index contributed by atoms with van der Waals surface area (Å²) in [5.41, 5.74) is 0.906. The van der Waals surface area contributed by atoms with Crippen molar-refractivity contribution in [2.45, 2.75) is 26.3 Å². The van der Waals surface area contributed by atoms with E-state index in [2.05, 4.69) is 35.1 Å². The van der Waals surface area contributed by atoms with Gasteiger partial charge in [0.1, 0.15) is 6.04 Å². The summed E-state index contributed by atoms with van der Waals surface area (Å²) in [6, 6.07) is 7.42. The second-order valence-electron chi connectivity index (χ2n) is 4.33. The van der Waals surface area contributed by atoms with Crippen LogP contribution in [-0.4, -0.2) is 19.1 Å². The van der Waals surface area contributed by atoms with Crippen molar-refractivity contribution in [1.82, 2.24) is 0 Å². The maximum atomic E-state index is 11.7. The molecule has 0 amide bonds. The van der Waals surface area contributed by atoms with E-state index in [-0.39, 0.29) is 12.0 Å². The number of nitrogens with one attached hydrogen (secondary N) is 1. The molecule has 0 aromatic heterocycles. The van der Waals surface area contributed by atoms with Crippen LogP contribution in [-0.2, 0) is 9.53 Å². The number of halogens is 1. The third kappa shape index (κ3) is 4.38. The zero-order chi connectivity index (χ0) is 12.8. The van der Waals surface area contributed by atoms with E-state index >= 15 is 0 Å². The lowest BCUT2D eigenvalue weighted by molar-refractivity contribution is -0.141. The summed E-state index contributed by atoms with van der Waals surface area (Å²) in [4.78, 5) is 11.7. The topological polar surface area (TPSA) is 38.3 Å². The van der Waals surface area contributed by atoms with Crippen molar-refractivity contribution < 1.29 is 9.53 Å². The Balaban J connectivity index is 2.79. The third-order valence-electron chi connectivity index (χ3n) is 2.40. The number of benzene rings is 1. The van der Waals surface area contributed by atoms with Crippen LogP contribution in [0.15, 0.2) is 28.7 Å². The smallest absolute Gasteiger partial charge is 0.328 e. The first-order valence-electron chi connectivity index (χ1n) is 5.63. The molecule has 0 aliphatic rings. The number of hydrogen-bond donors (Lipinski definition) is 1. The van der Waals surface area contributed by atoms with Crippen LogP contribution in [0.1, 0.15) is 20.3 Å². The van der Waals surface area contributed by atoms with Gasteiger partial charge in [-0.1, -0.05) is 26.0 Å². The minimum Gasteiger partial charge on any atom is -0.467 e. The zero-order valence-corrected chi connectivity index (χ0v) is 12.0. The van der Waals surface area contributed by atoms with Gasteiger partial charge in [0.15, 0.2) is 0 Å². The molecule has 0 aliphatic heterocycles. The van der Waals surface area contributed by atoms with E-state index in [1.54, 1.807) is 0 Å². The maximum Gasteiger partial charge on any atom is 0.328 e. The lowest BCUT2D eigenvalue weighted by atomic mass is 10.0. The molecular formula is C13H18BrNO2. The molecule has 1 unspecified atom stereocenters. The van der Waals surface area contributed by atoms with Crippen molar-refractivity contribution in [2.75, 3.05) is 12.4 Å². The molecule has 0 bridgehead atoms. The van der Waals surface area contributed by atoms with Gasteiger partial charge >= 0.3 is 5.97 Å². The van der Waals surface area contributed by atoms with E-state index in [1.165, 1.54) is 7.11 Å². The fourth-order valence-corrected chi connectivity index (χ4v) is 1.99. The second kappa shape index (κ2) is 6.64. The summed E-state index contributed by atoms with van der Waals surface area (Å²) < 4.78 is 5.75. The molecule has 94 valence electrons. The highest BCUT2D eigenvalue weighted by Gasteiger charge is 2.20. The molecule has 17 heavy (non-hydrogen) atoms. The lowest BCUT2D eigenvalue weighted by Crippen LogP contribution is -2.32. The number of hydrogen-bond acceptors (Lipinski definition) is 3. The summed E-state index contributed by atoms with van der Waals surface area (Å²) in [7, 11) is 1.41. The van der Waals surface area contributed by atoms with Gasteiger partial charge in [0.05, 0.1) is 7.11 Å². The molecule has 0 heterocycles. The number of methoxy groups -OCH3 is 1. The first-order valence-corrected chi connectivity index (χ1v) is 6.42. The molecule has 1 N–H and O–H groups in total. The van der Waals surface area contributed by atoms with Crippen molar-refractivity contribution in [3.8, 4) is 0 Å². The number of esters is 1. The van der Waals surface area contributed by atoms with Crippen molar-refractivity contribution in [3.63, 3.8) is 0 Å². The highest BCUT2D eigenvalue weighted by molar-refractivity contribution is 9.10. The molecule has 1 aromatic carbocycles. The van der Waals surface area contributed by atoms with Crippen LogP contribution in [0.3, 0.4) is 0 Å². The summed E-state index contributed by atoms with van der Waals surface area (Å²) in [5.74, 6) is 0.198. The maximum absolute atomic E-state index is 11.7. The van der Waals surface area contributed by atoms with Crippen LogP contribution in [0.5, 0.6) is 0 Å². The van der Waals surface area contributed by atoms with Gasteiger partial charge in [-0.05, 0) is 40.4 Å². The van der Waals surface area contributed by atoms with E-state index in [4.69, 9.17) is 4.74 Å². The predicted molar refractivity (Wildman–Crippen MR) is 73.0 cm³/mol. The first-order chi connectivity index (χ1) is 8.04. The highest BCUT2D eigenvalue weighted by Crippen LogP contribution is 2.23. The molecule has 1 atom stereocenters. The monoisotopic (exact) mass is 299 g/mol. The molecule has 0 saturated carbocycles. The Morgan fingerprint density at radius 1 is 1.41 bits per heavy atom. The van der Waals surface area contributed by atoms with Crippen LogP contribution in [0.4, 0.5) is 5.69 Å². The van der Waals surface area contributed by atoms with Gasteiger partial charge in [0, 0.05) is 10.2 Å². The molecule has 0 radical (unpaired) electrons. The van der Waals surface area contributed by atoms with Crippen LogP contribution in [0.2, 0.25) is 0 Å². The number of carbonyl (C=O) groups is 1. The summed E-state index contributed by atoms with van der Waals surface area (Å²) in [5, 5.41) is 3.21. The Kier molecular flexibility index (Phi) is 5.48. The predicted octanol–water partition coefficient (Wildman–Crippen LogP) is 3.45. The van der Waals surface area contributed by atoms with E-state index in [0.717, 1.165) is 16.6 Å². The van der Waals surface area contributed by atoms with Crippen LogP contribution >= 0.6 is 15.9 Å². The van der Waals surface area contributed by atoms with Crippen molar-refractivity contribution in [2.24, 2.45) is 5.92 Å². The van der Waals surface area contributed by atoms with Crippen LogP contribution in [0, 0.1) is 5.92 Å². The summed E-state index contributed by atoms with van der Waals surface area (Å²) in [6.45, 7) is 4.16. The van der Waals surface area contributed by atoms with E-state index in [9.17, 15) is 4.79 Å². The second-order valence-corrected chi connectivity index (χ2v) is 5.18. The van der Waals surface area contributed by atoms with Gasteiger partial charge in [-0.3, -0.25) is 0 Å². The van der Waals surface area contributed by atoms with Gasteiger partial charge < -0.3 is 10.1 Å². The zero-order valence-electron chi connectivity index (χ0n) is 10.4. The lowest BCUT2D eigenvalue weighted by Gasteiger charge is -2.20. The molecule has 0 spiro atoms. The van der Waals surface area contributed by atoms with Crippen LogP contribution < -0.4 is 5.32 Å². The molecule has 1 aromatic rings. The Hall–Kier alpha value is -1.03. The Labute approximate surface area is 111 Å². The quantitative estimate of drug-likeness (QED) is 0.846. The van der Waals surface area contributed by atoms with Crippen LogP contribution in [0.25, 0.3) is 0 Å². The minimum atomic E-state index is -0.307. The minimum absolute atomic E-state index is 0.227. The van der Waals surface area contributed by atoms with Gasteiger partial charge in [0.2, 0.25) is 0 Å². The fraction of sp³-hybridized carbons (Fsp3) is 0.462. The van der Waals surface area contributed by atoms with E-state index in [1.807, 2.05) is 24.3 Å². The number of rotatable bonds is 5. The third-order valence-corrected chi connectivity index (χ3v) is 3.09. The normalized spacial score (nSPS) is 12.3. The summed E-state index contributed by atoms with van der Waals surface area (Å²) in [6.07, 6.45) is 0.744. The number of carbonyl (C=O) groups excluding carboxylic acids is 1. The van der Waals surface area contributed by atoms with Crippen molar-refractivity contribution in [3.05, 3.63) is 28.7 Å². The molecule has 4 heteroatoms. The van der Waals surface area contributed by atoms with E-state index < -0.39 is 0 Å². The average molecular weight is 300 g/mol. The largest absolute Gasteiger partial charge is 0.467 e. The number of ether oxygens (including phenoxy) is 1. The number of para-hydroxylation sites is 1. The van der Waals surface area contributed by atoms with Gasteiger partial charge in [-0.15, -0.1) is 0 Å². The Morgan fingerprint density at radius 3 is 2.59 bits per heavy atom. The molecular weight excluding hydrogens is 282 g/mol. The average Bonchev–Trinajstić information content (AvgIpc) is 2.29. The molecule has 1 rings (SSSR count). The molecule has 0 fully saturated rings. The van der Waals surface area contributed by atoms with Gasteiger partial charge in [0.25, 0.3) is 0 Å². The Bertz CT molecular complexity index is 379. The Morgan fingerprint density at radius 2 is 2.06 bits per heavy atom. The highest BCUT2D eigenvalue weighted by atomic mass is 79.9.